The van der Waals surface area contributed by atoms with E-state index < -0.39 is 0 Å². The lowest BCUT2D eigenvalue weighted by Gasteiger charge is -2.19. The minimum absolute atomic E-state index is 0.267. The molecule has 0 radical (unpaired) electrons. The summed E-state index contributed by atoms with van der Waals surface area (Å²) in [4.78, 5) is 15.7. The molecule has 0 saturated carbocycles. The predicted octanol–water partition coefficient (Wildman–Crippen LogP) is 4.05. The van der Waals surface area contributed by atoms with Crippen molar-refractivity contribution in [2.24, 2.45) is 0 Å². The highest BCUT2D eigenvalue weighted by atomic mass is 32.1. The number of amides is 1. The molecule has 2 heterocycles. The molecule has 1 amide bonds. The zero-order valence-corrected chi connectivity index (χ0v) is 17.0. The molecular formula is C21H25N3O3S. The molecule has 148 valence electrons. The van der Waals surface area contributed by atoms with E-state index in [0.29, 0.717) is 18.9 Å². The number of rotatable bonds is 10. The molecule has 0 fully saturated rings. The highest BCUT2D eigenvalue weighted by Crippen LogP contribution is 2.25. The first-order valence-corrected chi connectivity index (χ1v) is 10.3. The molecule has 0 bridgehead atoms. The van der Waals surface area contributed by atoms with Gasteiger partial charge in [-0.15, -0.1) is 11.3 Å². The number of hydrogen-bond donors (Lipinski definition) is 1. The zero-order chi connectivity index (χ0) is 19.8. The number of benzene rings is 1. The van der Waals surface area contributed by atoms with Gasteiger partial charge in [0.15, 0.2) is 11.5 Å². The molecule has 2 aromatic heterocycles. The maximum absolute atomic E-state index is 12.4. The van der Waals surface area contributed by atoms with Crippen LogP contribution in [0.25, 0.3) is 10.6 Å². The number of thiophene rings is 1. The van der Waals surface area contributed by atoms with Gasteiger partial charge in [-0.25, -0.2) is 0 Å². The number of ether oxygens (including phenoxy) is 1. The van der Waals surface area contributed by atoms with Crippen LogP contribution < -0.4 is 10.1 Å². The molecule has 3 aromatic rings. The topological polar surface area (TPSA) is 67.6 Å². The van der Waals surface area contributed by atoms with Crippen LogP contribution >= 0.6 is 11.3 Å². The highest BCUT2D eigenvalue weighted by Gasteiger charge is 2.15. The van der Waals surface area contributed by atoms with Crippen molar-refractivity contribution in [3.63, 3.8) is 0 Å². The Morgan fingerprint density at radius 3 is 2.79 bits per heavy atom. The highest BCUT2D eigenvalue weighted by molar-refractivity contribution is 7.13. The lowest BCUT2D eigenvalue weighted by molar-refractivity contribution is 0.0941. The first-order valence-electron chi connectivity index (χ1n) is 9.43. The van der Waals surface area contributed by atoms with E-state index in [4.69, 9.17) is 9.26 Å². The van der Waals surface area contributed by atoms with E-state index in [1.807, 2.05) is 41.8 Å². The Hall–Kier alpha value is -2.64. The molecule has 28 heavy (non-hydrogen) atoms. The summed E-state index contributed by atoms with van der Waals surface area (Å²) in [5.74, 6) is 1.11. The molecule has 6 nitrogen and oxygen atoms in total. The van der Waals surface area contributed by atoms with Gasteiger partial charge in [0.1, 0.15) is 12.4 Å². The van der Waals surface area contributed by atoms with Crippen LogP contribution in [0.3, 0.4) is 0 Å². The standard InChI is InChI=1S/C21H25N3O3S/c1-3-24(4-2)11-12-26-18-9-6-5-8-16(18)15-22-21(25)17-14-19(27-23-17)20-10-7-13-28-20/h5-10,13-14H,3-4,11-12,15H2,1-2H3,(H,22,25). The first-order chi connectivity index (χ1) is 13.7. The van der Waals surface area contributed by atoms with E-state index in [1.165, 1.54) is 0 Å². The van der Waals surface area contributed by atoms with Crippen molar-refractivity contribution >= 4 is 17.2 Å². The molecule has 0 aliphatic heterocycles. The molecule has 0 unspecified atom stereocenters. The SMILES string of the molecule is CCN(CC)CCOc1ccccc1CNC(=O)c1cc(-c2cccs2)on1. The van der Waals surface area contributed by atoms with E-state index >= 15 is 0 Å². The number of carbonyl (C=O) groups excluding carboxylic acids is 1. The number of hydrogen-bond acceptors (Lipinski definition) is 6. The van der Waals surface area contributed by atoms with Crippen LogP contribution in [0, 0.1) is 0 Å². The van der Waals surface area contributed by atoms with E-state index in [-0.39, 0.29) is 11.6 Å². The Morgan fingerprint density at radius 1 is 1.21 bits per heavy atom. The number of nitrogens with zero attached hydrogens (tertiary/aromatic N) is 2. The molecule has 0 aliphatic carbocycles. The van der Waals surface area contributed by atoms with Crippen LogP contribution in [-0.2, 0) is 6.54 Å². The van der Waals surface area contributed by atoms with Gasteiger partial charge >= 0.3 is 0 Å². The maximum Gasteiger partial charge on any atom is 0.273 e. The van der Waals surface area contributed by atoms with Crippen molar-refractivity contribution < 1.29 is 14.1 Å². The molecular weight excluding hydrogens is 374 g/mol. The first kappa shape index (κ1) is 20.1. The van der Waals surface area contributed by atoms with Crippen LogP contribution in [-0.4, -0.2) is 42.2 Å². The fourth-order valence-electron chi connectivity index (χ4n) is 2.80. The molecule has 3 rings (SSSR count). The van der Waals surface area contributed by atoms with Gasteiger partial charge in [0.2, 0.25) is 0 Å². The fourth-order valence-corrected chi connectivity index (χ4v) is 3.47. The lowest BCUT2D eigenvalue weighted by Crippen LogP contribution is -2.28. The average molecular weight is 400 g/mol. The van der Waals surface area contributed by atoms with Gasteiger partial charge < -0.3 is 19.5 Å². The summed E-state index contributed by atoms with van der Waals surface area (Å²) in [6.45, 7) is 8.13. The van der Waals surface area contributed by atoms with Gasteiger partial charge in [-0.3, -0.25) is 4.79 Å². The molecule has 1 N–H and O–H groups in total. The van der Waals surface area contributed by atoms with Gasteiger partial charge in [0.25, 0.3) is 5.91 Å². The van der Waals surface area contributed by atoms with Crippen molar-refractivity contribution in [3.05, 3.63) is 59.1 Å². The summed E-state index contributed by atoms with van der Waals surface area (Å²) in [6.07, 6.45) is 0. The number of carbonyl (C=O) groups is 1. The molecule has 7 heteroatoms. The number of nitrogens with one attached hydrogen (secondary N) is 1. The molecule has 0 aliphatic rings. The van der Waals surface area contributed by atoms with Crippen LogP contribution in [0.5, 0.6) is 5.75 Å². The van der Waals surface area contributed by atoms with E-state index in [2.05, 4.69) is 29.2 Å². The van der Waals surface area contributed by atoms with Gasteiger partial charge in [0.05, 0.1) is 4.88 Å². The van der Waals surface area contributed by atoms with Crippen molar-refractivity contribution in [2.45, 2.75) is 20.4 Å². The minimum Gasteiger partial charge on any atom is -0.492 e. The molecule has 1 aromatic carbocycles. The summed E-state index contributed by atoms with van der Waals surface area (Å²) in [6, 6.07) is 13.3. The maximum atomic E-state index is 12.4. The number of likely N-dealkylation sites (N-methyl/N-ethyl adjacent to an activating group) is 1. The molecule has 0 spiro atoms. The summed E-state index contributed by atoms with van der Waals surface area (Å²) in [7, 11) is 0. The molecule has 0 saturated heterocycles. The van der Waals surface area contributed by atoms with Crippen LogP contribution in [0.15, 0.2) is 52.4 Å². The Morgan fingerprint density at radius 2 is 2.04 bits per heavy atom. The minimum atomic E-state index is -0.274. The fraction of sp³-hybridized carbons (Fsp3) is 0.333. The number of aromatic nitrogens is 1. The quantitative estimate of drug-likeness (QED) is 0.557. The van der Waals surface area contributed by atoms with E-state index in [0.717, 1.165) is 35.8 Å². The summed E-state index contributed by atoms with van der Waals surface area (Å²) in [5.41, 5.74) is 1.20. The third-order valence-corrected chi connectivity index (χ3v) is 5.36. The second kappa shape index (κ2) is 10.1. The van der Waals surface area contributed by atoms with E-state index in [9.17, 15) is 4.79 Å². The van der Waals surface area contributed by atoms with Crippen molar-refractivity contribution in [2.75, 3.05) is 26.2 Å². The Labute approximate surface area is 169 Å². The van der Waals surface area contributed by atoms with Crippen molar-refractivity contribution in [1.82, 2.24) is 15.4 Å². The van der Waals surface area contributed by atoms with Crippen LogP contribution in [0.2, 0.25) is 0 Å². The zero-order valence-electron chi connectivity index (χ0n) is 16.2. The van der Waals surface area contributed by atoms with Crippen LogP contribution in [0.1, 0.15) is 29.9 Å². The van der Waals surface area contributed by atoms with Gasteiger partial charge in [-0.2, -0.15) is 0 Å². The number of para-hydroxylation sites is 1. The molecule has 0 atom stereocenters. The van der Waals surface area contributed by atoms with Crippen molar-refractivity contribution in [1.29, 1.82) is 0 Å². The summed E-state index contributed by atoms with van der Waals surface area (Å²) >= 11 is 1.54. The second-order valence-electron chi connectivity index (χ2n) is 6.22. The Balaban J connectivity index is 1.56. The van der Waals surface area contributed by atoms with Gasteiger partial charge in [-0.1, -0.05) is 43.3 Å². The smallest absolute Gasteiger partial charge is 0.273 e. The van der Waals surface area contributed by atoms with Crippen molar-refractivity contribution in [3.8, 4) is 16.4 Å². The Bertz CT molecular complexity index is 873. The normalized spacial score (nSPS) is 11.0. The van der Waals surface area contributed by atoms with E-state index in [1.54, 1.807) is 17.4 Å². The second-order valence-corrected chi connectivity index (χ2v) is 7.17. The van der Waals surface area contributed by atoms with Gasteiger partial charge in [-0.05, 0) is 30.6 Å². The van der Waals surface area contributed by atoms with Gasteiger partial charge in [0, 0.05) is 24.7 Å². The average Bonchev–Trinajstić information content (AvgIpc) is 3.42. The Kier molecular flexibility index (Phi) is 7.22. The predicted molar refractivity (Wildman–Crippen MR) is 111 cm³/mol. The monoisotopic (exact) mass is 399 g/mol. The summed E-state index contributed by atoms with van der Waals surface area (Å²) in [5, 5.41) is 8.72. The third kappa shape index (κ3) is 5.21. The van der Waals surface area contributed by atoms with Crippen LogP contribution in [0.4, 0.5) is 0 Å². The summed E-state index contributed by atoms with van der Waals surface area (Å²) < 4.78 is 11.2. The lowest BCUT2D eigenvalue weighted by atomic mass is 10.2. The third-order valence-electron chi connectivity index (χ3n) is 4.48. The largest absolute Gasteiger partial charge is 0.492 e.